The van der Waals surface area contributed by atoms with E-state index >= 15 is 0 Å². The Bertz CT molecular complexity index is 1600. The van der Waals surface area contributed by atoms with Crippen LogP contribution in [0.3, 0.4) is 0 Å². The van der Waals surface area contributed by atoms with Crippen LogP contribution in [-0.4, -0.2) is 47.5 Å². The first-order valence-electron chi connectivity index (χ1n) is 10.5. The van der Waals surface area contributed by atoms with E-state index in [-0.39, 0.29) is 16.2 Å². The van der Waals surface area contributed by atoms with Gasteiger partial charge < -0.3 is 0 Å². The lowest BCUT2D eigenvalue weighted by Crippen LogP contribution is -2.73. The van der Waals surface area contributed by atoms with Crippen molar-refractivity contribution in [3.05, 3.63) is 60.2 Å². The Hall–Kier alpha value is -3.46. The van der Waals surface area contributed by atoms with Crippen molar-refractivity contribution in [2.75, 3.05) is 0 Å². The highest BCUT2D eigenvalue weighted by Gasteiger charge is 2.94. The van der Waals surface area contributed by atoms with Crippen LogP contribution in [0, 0.1) is 0 Å². The van der Waals surface area contributed by atoms with E-state index in [0.29, 0.717) is 16.8 Å². The average Bonchev–Trinajstić information content (AvgIpc) is 2.85. The van der Waals surface area contributed by atoms with E-state index in [1.54, 1.807) is 6.07 Å². The van der Waals surface area contributed by atoms with Gasteiger partial charge in [0.2, 0.25) is 5.78 Å². The number of rotatable bonds is 7. The van der Waals surface area contributed by atoms with Gasteiger partial charge in [0.15, 0.2) is 0 Å². The van der Waals surface area contributed by atoms with E-state index in [4.69, 9.17) is 0 Å². The van der Waals surface area contributed by atoms with Crippen LogP contribution in [0.25, 0.3) is 32.3 Å². The van der Waals surface area contributed by atoms with Gasteiger partial charge in [0.25, 0.3) is 0 Å². The molecule has 0 radical (unpaired) electrons. The average molecular weight is 598 g/mol. The van der Waals surface area contributed by atoms with Crippen LogP contribution in [0.5, 0.6) is 0 Å². The molecule has 0 aliphatic heterocycles. The van der Waals surface area contributed by atoms with Gasteiger partial charge in [0, 0.05) is 5.56 Å². The van der Waals surface area contributed by atoms with Crippen molar-refractivity contribution in [2.24, 2.45) is 0 Å². The van der Waals surface area contributed by atoms with Gasteiger partial charge in [-0.2, -0.15) is 65.9 Å². The summed E-state index contributed by atoms with van der Waals surface area (Å²) < 4.78 is 204. The Morgan fingerprint density at radius 3 is 1.35 bits per heavy atom. The fourth-order valence-corrected chi connectivity index (χ4v) is 4.21. The Morgan fingerprint density at radius 1 is 0.450 bits per heavy atom. The summed E-state index contributed by atoms with van der Waals surface area (Å²) in [6.45, 7) is 0. The van der Waals surface area contributed by atoms with Gasteiger partial charge in [0.05, 0.1) is 0 Å². The number of benzene rings is 4. The van der Waals surface area contributed by atoms with Gasteiger partial charge >= 0.3 is 41.7 Å². The second-order valence-corrected chi connectivity index (χ2v) is 8.74. The third kappa shape index (κ3) is 3.49. The molecular formula is C24H9F15O. The van der Waals surface area contributed by atoms with Crippen molar-refractivity contribution in [3.8, 4) is 0 Å². The van der Waals surface area contributed by atoms with Crippen molar-refractivity contribution in [2.45, 2.75) is 41.7 Å². The lowest BCUT2D eigenvalue weighted by Gasteiger charge is -2.41. The molecule has 4 aromatic rings. The van der Waals surface area contributed by atoms with Crippen molar-refractivity contribution >= 4 is 38.1 Å². The quantitative estimate of drug-likeness (QED) is 0.118. The molecule has 0 atom stereocenters. The standard InChI is InChI=1S/C24H9F15O/c25-18(26,19(27,28)20(29,30)21(31,32)22(33,34)23(35,36)24(37,38)39)17(40)14-9-7-12-5-4-10-2-1-3-11-6-8-13(14)16(12)15(10)11/h1-9H. The Labute approximate surface area is 211 Å². The number of carbonyl (C=O) groups is 1. The molecule has 0 amide bonds. The molecule has 216 valence electrons. The number of ketones is 1. The van der Waals surface area contributed by atoms with Crippen LogP contribution in [0.15, 0.2) is 54.6 Å². The highest BCUT2D eigenvalue weighted by atomic mass is 19.4. The summed E-state index contributed by atoms with van der Waals surface area (Å²) in [5, 5.41) is 0.692. The lowest BCUT2D eigenvalue weighted by molar-refractivity contribution is -0.449. The van der Waals surface area contributed by atoms with Crippen LogP contribution in [0.1, 0.15) is 10.4 Å². The van der Waals surface area contributed by atoms with Crippen LogP contribution >= 0.6 is 0 Å². The molecule has 0 aliphatic carbocycles. The van der Waals surface area contributed by atoms with E-state index in [0.717, 1.165) is 12.1 Å². The number of hydrogen-bond acceptors (Lipinski definition) is 1. The minimum absolute atomic E-state index is 0.0472. The van der Waals surface area contributed by atoms with Crippen molar-refractivity contribution < 1.29 is 70.7 Å². The summed E-state index contributed by atoms with van der Waals surface area (Å²) in [5.74, 6) is -51.5. The van der Waals surface area contributed by atoms with Crippen LogP contribution < -0.4 is 0 Å². The molecule has 1 nitrogen and oxygen atoms in total. The molecule has 0 saturated heterocycles. The number of Topliss-reactive ketones (excluding diaryl/α,β-unsaturated/α-hetero) is 1. The van der Waals surface area contributed by atoms with E-state index in [2.05, 4.69) is 0 Å². The highest BCUT2D eigenvalue weighted by Crippen LogP contribution is 2.62. The Kier molecular flexibility index (Phi) is 6.11. The number of halogens is 15. The van der Waals surface area contributed by atoms with Gasteiger partial charge in [0.1, 0.15) is 0 Å². The number of carbonyl (C=O) groups excluding carboxylic acids is 1. The van der Waals surface area contributed by atoms with Gasteiger partial charge in [-0.3, -0.25) is 4.79 Å². The molecule has 0 unspecified atom stereocenters. The van der Waals surface area contributed by atoms with Gasteiger partial charge in [-0.05, 0) is 38.4 Å². The van der Waals surface area contributed by atoms with Crippen molar-refractivity contribution in [1.82, 2.24) is 0 Å². The highest BCUT2D eigenvalue weighted by molar-refractivity contribution is 6.27. The van der Waals surface area contributed by atoms with E-state index in [1.807, 2.05) is 0 Å². The predicted molar refractivity (Wildman–Crippen MR) is 110 cm³/mol. The van der Waals surface area contributed by atoms with Gasteiger partial charge in [-0.25, -0.2) is 0 Å². The molecule has 0 aliphatic rings. The molecule has 0 aromatic heterocycles. The summed E-state index contributed by atoms with van der Waals surface area (Å²) in [6, 6.07) is 10.9. The van der Waals surface area contributed by atoms with Crippen molar-refractivity contribution in [1.29, 1.82) is 0 Å². The molecule has 40 heavy (non-hydrogen) atoms. The topological polar surface area (TPSA) is 17.1 Å². The normalized spacial score (nSPS) is 15.0. The van der Waals surface area contributed by atoms with E-state index in [9.17, 15) is 70.7 Å². The maximum Gasteiger partial charge on any atom is 0.460 e. The molecular weight excluding hydrogens is 589 g/mol. The summed E-state index contributed by atoms with van der Waals surface area (Å²) in [7, 11) is 0. The lowest BCUT2D eigenvalue weighted by atomic mass is 9.86. The second-order valence-electron chi connectivity index (χ2n) is 8.74. The SMILES string of the molecule is O=C(c1ccc2ccc3cccc4ccc1c2c34)C(F)(F)C(F)(F)C(F)(F)C(F)(F)C(F)(F)C(F)(F)C(F)(F)F. The maximum absolute atomic E-state index is 14.7. The fraction of sp³-hybridized carbons (Fsp3) is 0.292. The number of hydrogen-bond donors (Lipinski definition) is 0. The predicted octanol–water partition coefficient (Wildman–Crippen LogP) is 9.14. The minimum atomic E-state index is -8.46. The smallest absolute Gasteiger partial charge is 0.287 e. The summed E-state index contributed by atoms with van der Waals surface area (Å²) >= 11 is 0. The second kappa shape index (κ2) is 8.28. The molecule has 0 N–H and O–H groups in total. The van der Waals surface area contributed by atoms with Gasteiger partial charge in [-0.15, -0.1) is 0 Å². The third-order valence-electron chi connectivity index (χ3n) is 6.39. The molecule has 0 fully saturated rings. The summed E-state index contributed by atoms with van der Waals surface area (Å²) in [5.41, 5.74) is -1.48. The zero-order valence-corrected chi connectivity index (χ0v) is 18.8. The fourth-order valence-electron chi connectivity index (χ4n) is 4.21. The molecule has 0 saturated carbocycles. The van der Waals surface area contributed by atoms with E-state index in [1.165, 1.54) is 30.3 Å². The Morgan fingerprint density at radius 2 is 0.850 bits per heavy atom. The maximum atomic E-state index is 14.7. The first-order valence-corrected chi connectivity index (χ1v) is 10.5. The van der Waals surface area contributed by atoms with Crippen LogP contribution in [-0.2, 0) is 0 Å². The first-order chi connectivity index (χ1) is 18.0. The van der Waals surface area contributed by atoms with Crippen molar-refractivity contribution in [3.63, 3.8) is 0 Å². The zero-order chi connectivity index (χ0) is 30.5. The number of alkyl halides is 15. The largest absolute Gasteiger partial charge is 0.460 e. The van der Waals surface area contributed by atoms with Crippen LogP contribution in [0.2, 0.25) is 0 Å². The molecule has 4 aromatic carbocycles. The third-order valence-corrected chi connectivity index (χ3v) is 6.39. The molecule has 4 rings (SSSR count). The molecule has 0 spiro atoms. The van der Waals surface area contributed by atoms with E-state index < -0.39 is 58.4 Å². The summed E-state index contributed by atoms with van der Waals surface area (Å²) in [4.78, 5) is 12.5. The minimum Gasteiger partial charge on any atom is -0.287 e. The zero-order valence-electron chi connectivity index (χ0n) is 18.8. The molecule has 0 bridgehead atoms. The first kappa shape index (κ1) is 29.5. The molecule has 0 heterocycles. The molecule has 16 heteroatoms. The van der Waals surface area contributed by atoms with Crippen LogP contribution in [0.4, 0.5) is 65.9 Å². The summed E-state index contributed by atoms with van der Waals surface area (Å²) in [6.07, 6.45) is -7.70. The monoisotopic (exact) mass is 598 g/mol. The Balaban J connectivity index is 1.87. The van der Waals surface area contributed by atoms with Gasteiger partial charge in [-0.1, -0.05) is 48.5 Å².